The molecule has 1 heterocycles. The summed E-state index contributed by atoms with van der Waals surface area (Å²) in [5, 5.41) is 2.66. The van der Waals surface area contributed by atoms with Crippen molar-refractivity contribution in [2.24, 2.45) is 0 Å². The Morgan fingerprint density at radius 2 is 2.27 bits per heavy atom. The summed E-state index contributed by atoms with van der Waals surface area (Å²) in [6.45, 7) is 6.33. The second-order valence-electron chi connectivity index (χ2n) is 3.55. The maximum Gasteiger partial charge on any atom is 0.272 e. The van der Waals surface area contributed by atoms with Crippen molar-refractivity contribution in [2.45, 2.75) is 26.7 Å². The van der Waals surface area contributed by atoms with E-state index in [1.165, 1.54) is 6.20 Å². The molecule has 0 saturated heterocycles. The van der Waals surface area contributed by atoms with Gasteiger partial charge >= 0.3 is 0 Å². The molecule has 5 nitrogen and oxygen atoms in total. The Hall–Kier alpha value is -1.65. The Labute approximate surface area is 89.1 Å². The van der Waals surface area contributed by atoms with E-state index in [-0.39, 0.29) is 17.5 Å². The van der Waals surface area contributed by atoms with E-state index in [1.54, 1.807) is 0 Å². The van der Waals surface area contributed by atoms with Gasteiger partial charge in [-0.2, -0.15) is 0 Å². The zero-order valence-electron chi connectivity index (χ0n) is 9.24. The monoisotopic (exact) mass is 208 g/mol. The third kappa shape index (κ3) is 2.65. The summed E-state index contributed by atoms with van der Waals surface area (Å²) in [5.74, 6) is 0.559. The Bertz CT molecular complexity index is 362. The highest BCUT2D eigenvalue weighted by molar-refractivity contribution is 5.96. The van der Waals surface area contributed by atoms with Crippen LogP contribution in [0.3, 0.4) is 0 Å². The lowest BCUT2D eigenvalue weighted by Crippen LogP contribution is -2.25. The lowest BCUT2D eigenvalue weighted by atomic mass is 10.2. The van der Waals surface area contributed by atoms with Gasteiger partial charge in [0, 0.05) is 12.5 Å². The molecule has 15 heavy (non-hydrogen) atoms. The fourth-order valence-corrected chi connectivity index (χ4v) is 1.11. The van der Waals surface area contributed by atoms with Crippen LogP contribution in [0.25, 0.3) is 0 Å². The van der Waals surface area contributed by atoms with E-state index in [0.717, 1.165) is 0 Å². The number of nitrogens with two attached hydrogens (primary N) is 1. The Morgan fingerprint density at radius 3 is 2.80 bits per heavy atom. The number of hydrogen-bond donors (Lipinski definition) is 2. The van der Waals surface area contributed by atoms with Gasteiger partial charge in [0.05, 0.1) is 11.9 Å². The predicted octanol–water partition coefficient (Wildman–Crippen LogP) is 0.932. The first-order chi connectivity index (χ1) is 7.06. The van der Waals surface area contributed by atoms with Crippen molar-refractivity contribution in [3.8, 4) is 0 Å². The average Bonchev–Trinajstić information content (AvgIpc) is 2.18. The molecule has 5 heteroatoms. The first-order valence-electron chi connectivity index (χ1n) is 4.96. The third-order valence-corrected chi connectivity index (χ3v) is 1.90. The van der Waals surface area contributed by atoms with E-state index in [4.69, 9.17) is 5.73 Å². The fourth-order valence-electron chi connectivity index (χ4n) is 1.11. The van der Waals surface area contributed by atoms with Crippen molar-refractivity contribution in [3.05, 3.63) is 17.7 Å². The molecule has 0 bridgehead atoms. The van der Waals surface area contributed by atoms with Crippen molar-refractivity contribution in [2.75, 3.05) is 12.3 Å². The van der Waals surface area contributed by atoms with E-state index < -0.39 is 0 Å². The Kier molecular flexibility index (Phi) is 3.60. The minimum absolute atomic E-state index is 0.179. The number of carbonyl (C=O) groups is 1. The quantitative estimate of drug-likeness (QED) is 0.774. The lowest BCUT2D eigenvalue weighted by molar-refractivity contribution is 0.0951. The maximum atomic E-state index is 11.6. The number of nitrogen functional groups attached to an aromatic ring is 1. The number of rotatable bonds is 3. The van der Waals surface area contributed by atoms with Gasteiger partial charge in [-0.25, -0.2) is 9.97 Å². The molecule has 0 radical (unpaired) electrons. The van der Waals surface area contributed by atoms with E-state index in [2.05, 4.69) is 15.3 Å². The minimum Gasteiger partial charge on any atom is -0.396 e. The van der Waals surface area contributed by atoms with Gasteiger partial charge < -0.3 is 11.1 Å². The molecular weight excluding hydrogens is 192 g/mol. The zero-order valence-corrected chi connectivity index (χ0v) is 9.24. The topological polar surface area (TPSA) is 80.9 Å². The van der Waals surface area contributed by atoms with E-state index in [0.29, 0.717) is 18.1 Å². The summed E-state index contributed by atoms with van der Waals surface area (Å²) in [7, 11) is 0. The molecule has 0 saturated carbocycles. The number of aromatic nitrogens is 2. The number of anilines is 1. The lowest BCUT2D eigenvalue weighted by Gasteiger charge is -2.08. The molecule has 0 aromatic carbocycles. The van der Waals surface area contributed by atoms with Gasteiger partial charge in [-0.1, -0.05) is 13.8 Å². The molecule has 1 amide bonds. The molecule has 0 atom stereocenters. The Morgan fingerprint density at radius 1 is 1.60 bits per heavy atom. The summed E-state index contributed by atoms with van der Waals surface area (Å²) in [6, 6.07) is 0. The van der Waals surface area contributed by atoms with Gasteiger partial charge in [0.25, 0.3) is 5.91 Å². The summed E-state index contributed by atoms with van der Waals surface area (Å²) in [6.07, 6.45) is 1.48. The second-order valence-corrected chi connectivity index (χ2v) is 3.55. The molecule has 3 N–H and O–H groups in total. The highest BCUT2D eigenvalue weighted by atomic mass is 16.1. The average molecular weight is 208 g/mol. The molecule has 0 fully saturated rings. The number of hydrogen-bond acceptors (Lipinski definition) is 4. The normalized spacial score (nSPS) is 10.4. The molecule has 0 aliphatic carbocycles. The van der Waals surface area contributed by atoms with Crippen molar-refractivity contribution >= 4 is 11.6 Å². The number of carbonyl (C=O) groups excluding carboxylic acids is 1. The largest absolute Gasteiger partial charge is 0.396 e. The molecule has 1 rings (SSSR count). The van der Waals surface area contributed by atoms with Crippen molar-refractivity contribution in [1.82, 2.24) is 15.3 Å². The van der Waals surface area contributed by atoms with Gasteiger partial charge in [-0.3, -0.25) is 4.79 Å². The highest BCUT2D eigenvalue weighted by Gasteiger charge is 2.13. The van der Waals surface area contributed by atoms with Gasteiger partial charge in [0.2, 0.25) is 0 Å². The first kappa shape index (κ1) is 11.4. The third-order valence-electron chi connectivity index (χ3n) is 1.90. The zero-order chi connectivity index (χ0) is 11.4. The van der Waals surface area contributed by atoms with Crippen LogP contribution in [0.2, 0.25) is 0 Å². The van der Waals surface area contributed by atoms with Crippen molar-refractivity contribution in [3.63, 3.8) is 0 Å². The molecule has 82 valence electrons. The van der Waals surface area contributed by atoms with Gasteiger partial charge in [-0.15, -0.1) is 0 Å². The first-order valence-corrected chi connectivity index (χ1v) is 4.96. The van der Waals surface area contributed by atoms with Crippen LogP contribution in [0.1, 0.15) is 43.0 Å². The number of amides is 1. The molecule has 0 aliphatic heterocycles. The van der Waals surface area contributed by atoms with Crippen LogP contribution in [0.5, 0.6) is 0 Å². The van der Waals surface area contributed by atoms with Crippen molar-refractivity contribution in [1.29, 1.82) is 0 Å². The van der Waals surface area contributed by atoms with Crippen LogP contribution in [0, 0.1) is 0 Å². The van der Waals surface area contributed by atoms with Gasteiger partial charge in [0.1, 0.15) is 5.82 Å². The molecule has 1 aromatic rings. The van der Waals surface area contributed by atoms with E-state index in [1.807, 2.05) is 20.8 Å². The summed E-state index contributed by atoms with van der Waals surface area (Å²) in [5.41, 5.74) is 6.21. The predicted molar refractivity (Wildman–Crippen MR) is 58.5 cm³/mol. The minimum atomic E-state index is -0.251. The summed E-state index contributed by atoms with van der Waals surface area (Å²) < 4.78 is 0. The van der Waals surface area contributed by atoms with E-state index >= 15 is 0 Å². The van der Waals surface area contributed by atoms with Crippen molar-refractivity contribution < 1.29 is 4.79 Å². The van der Waals surface area contributed by atoms with Crippen LogP contribution >= 0.6 is 0 Å². The van der Waals surface area contributed by atoms with Gasteiger partial charge in [-0.05, 0) is 6.92 Å². The molecule has 0 unspecified atom stereocenters. The van der Waals surface area contributed by atoms with Crippen LogP contribution < -0.4 is 11.1 Å². The molecule has 0 spiro atoms. The van der Waals surface area contributed by atoms with E-state index in [9.17, 15) is 4.79 Å². The van der Waals surface area contributed by atoms with Crippen LogP contribution in [-0.2, 0) is 0 Å². The summed E-state index contributed by atoms with van der Waals surface area (Å²) >= 11 is 0. The molecule has 0 aliphatic rings. The van der Waals surface area contributed by atoms with Crippen LogP contribution in [0.15, 0.2) is 6.20 Å². The SMILES string of the molecule is CCNC(=O)c1nc(C(C)C)ncc1N. The second kappa shape index (κ2) is 4.72. The van der Waals surface area contributed by atoms with Crippen LogP contribution in [0.4, 0.5) is 5.69 Å². The highest BCUT2D eigenvalue weighted by Crippen LogP contribution is 2.13. The van der Waals surface area contributed by atoms with Gasteiger partial charge in [0.15, 0.2) is 5.69 Å². The standard InChI is InChI=1S/C10H16N4O/c1-4-12-10(15)8-7(11)5-13-9(14-8)6(2)3/h5-6H,4,11H2,1-3H3,(H,12,15). The Balaban J connectivity index is 3.05. The molecule has 1 aromatic heterocycles. The number of nitrogens with one attached hydrogen (secondary N) is 1. The maximum absolute atomic E-state index is 11.6. The molecular formula is C10H16N4O. The number of nitrogens with zero attached hydrogens (tertiary/aromatic N) is 2. The van der Waals surface area contributed by atoms with Crippen LogP contribution in [-0.4, -0.2) is 22.4 Å². The smallest absolute Gasteiger partial charge is 0.272 e. The summed E-state index contributed by atoms with van der Waals surface area (Å²) in [4.78, 5) is 19.8. The fraction of sp³-hybridized carbons (Fsp3) is 0.500.